The summed E-state index contributed by atoms with van der Waals surface area (Å²) < 4.78 is 50.6. The quantitative estimate of drug-likeness (QED) is 0.410. The summed E-state index contributed by atoms with van der Waals surface area (Å²) in [7, 11) is -3.53. The molecule has 0 radical (unpaired) electrons. The number of hydrogen-bond acceptors (Lipinski definition) is 6. The minimum Gasteiger partial charge on any atom is -0.489 e. The van der Waals surface area contributed by atoms with Crippen LogP contribution in [0.1, 0.15) is 80.1 Å². The molecule has 10 heteroatoms. The average Bonchev–Trinajstić information content (AvgIpc) is 2.83. The third kappa shape index (κ3) is 8.43. The van der Waals surface area contributed by atoms with Crippen LogP contribution in [0.15, 0.2) is 41.1 Å². The SMILES string of the molecule is CC(C)(C)OC(=O)NC/C(=C\F)COc1ccc(S(=O)(=O)CC23CCC(NC(=O)C(C)(C)C)(CC2)CC3)cc1. The normalized spacial score (nSPS) is 23.7. The van der Waals surface area contributed by atoms with Crippen LogP contribution in [0.5, 0.6) is 5.75 Å². The first-order chi connectivity index (χ1) is 18.0. The number of carbonyl (C=O) groups is 2. The maximum absolute atomic E-state index is 13.3. The first-order valence-corrected chi connectivity index (χ1v) is 15.2. The van der Waals surface area contributed by atoms with Crippen LogP contribution in [0.4, 0.5) is 9.18 Å². The summed E-state index contributed by atoms with van der Waals surface area (Å²) in [6, 6.07) is 6.13. The summed E-state index contributed by atoms with van der Waals surface area (Å²) in [4.78, 5) is 24.6. The Kier molecular flexibility index (Phi) is 9.09. The van der Waals surface area contributed by atoms with Crippen LogP contribution < -0.4 is 15.4 Å². The van der Waals surface area contributed by atoms with E-state index in [1.54, 1.807) is 32.9 Å². The zero-order valence-corrected chi connectivity index (χ0v) is 24.8. The van der Waals surface area contributed by atoms with Crippen molar-refractivity contribution in [1.82, 2.24) is 10.6 Å². The van der Waals surface area contributed by atoms with Crippen LogP contribution in [-0.2, 0) is 19.4 Å². The van der Waals surface area contributed by atoms with E-state index in [2.05, 4.69) is 10.6 Å². The van der Waals surface area contributed by atoms with E-state index in [0.717, 1.165) is 38.5 Å². The van der Waals surface area contributed by atoms with Gasteiger partial charge >= 0.3 is 6.09 Å². The predicted octanol–water partition coefficient (Wildman–Crippen LogP) is 5.47. The molecule has 3 aliphatic rings. The predicted molar refractivity (Wildman–Crippen MR) is 148 cm³/mol. The van der Waals surface area contributed by atoms with Gasteiger partial charge in [-0.3, -0.25) is 4.79 Å². The first kappa shape index (κ1) is 30.9. The lowest BCUT2D eigenvalue weighted by Crippen LogP contribution is -2.59. The van der Waals surface area contributed by atoms with Gasteiger partial charge in [-0.05, 0) is 89.0 Å². The van der Waals surface area contributed by atoms with Gasteiger partial charge in [0.1, 0.15) is 18.0 Å². The summed E-state index contributed by atoms with van der Waals surface area (Å²) in [5.74, 6) is 0.507. The number of sulfone groups is 1. The molecule has 218 valence electrons. The summed E-state index contributed by atoms with van der Waals surface area (Å²) in [5, 5.41) is 5.74. The molecule has 3 saturated carbocycles. The monoisotopic (exact) mass is 566 g/mol. The van der Waals surface area contributed by atoms with Crippen molar-refractivity contribution in [2.45, 2.75) is 96.1 Å². The number of benzene rings is 1. The topological polar surface area (TPSA) is 111 Å². The zero-order chi connectivity index (χ0) is 29.1. The van der Waals surface area contributed by atoms with Gasteiger partial charge in [-0.1, -0.05) is 20.8 Å². The van der Waals surface area contributed by atoms with E-state index in [4.69, 9.17) is 9.47 Å². The molecule has 0 unspecified atom stereocenters. The zero-order valence-electron chi connectivity index (χ0n) is 24.0. The Morgan fingerprint density at radius 2 is 1.54 bits per heavy atom. The van der Waals surface area contributed by atoms with Crippen molar-refractivity contribution >= 4 is 21.8 Å². The van der Waals surface area contributed by atoms with E-state index < -0.39 is 26.9 Å². The number of halogens is 1. The van der Waals surface area contributed by atoms with Gasteiger partial charge in [-0.15, -0.1) is 0 Å². The molecule has 3 fully saturated rings. The van der Waals surface area contributed by atoms with Gasteiger partial charge in [0.15, 0.2) is 9.84 Å². The third-order valence-electron chi connectivity index (χ3n) is 7.58. The van der Waals surface area contributed by atoms with Crippen molar-refractivity contribution in [1.29, 1.82) is 0 Å². The molecule has 0 atom stereocenters. The Balaban J connectivity index is 1.53. The van der Waals surface area contributed by atoms with Crippen LogP contribution in [0.2, 0.25) is 0 Å². The number of amides is 2. The first-order valence-electron chi connectivity index (χ1n) is 13.5. The summed E-state index contributed by atoms with van der Waals surface area (Å²) in [6.45, 7) is 10.7. The molecule has 1 aromatic rings. The highest BCUT2D eigenvalue weighted by molar-refractivity contribution is 7.91. The van der Waals surface area contributed by atoms with E-state index >= 15 is 0 Å². The average molecular weight is 567 g/mol. The summed E-state index contributed by atoms with van der Waals surface area (Å²) >= 11 is 0. The molecule has 0 spiro atoms. The molecular formula is C29H43FN2O6S. The molecule has 2 amide bonds. The fraction of sp³-hybridized carbons (Fsp3) is 0.655. The Hall–Kier alpha value is -2.62. The molecule has 4 rings (SSSR count). The van der Waals surface area contributed by atoms with E-state index in [9.17, 15) is 22.4 Å². The standard InChI is InChI=1S/C29H43FN2O6S/c1-26(2,3)24(33)32-29-14-11-28(12-15-29,13-16-29)20-39(35,36)23-9-7-22(8-10-23)37-19-21(17-30)18-31-25(34)38-27(4,5)6/h7-10,17H,11-16,18-20H2,1-6H3,(H,31,34)(H,32,33)/b21-17+. The maximum Gasteiger partial charge on any atom is 0.407 e. The van der Waals surface area contributed by atoms with E-state index in [1.165, 1.54) is 12.1 Å². The Bertz CT molecular complexity index is 1160. The molecule has 2 N–H and O–H groups in total. The van der Waals surface area contributed by atoms with E-state index in [1.807, 2.05) is 20.8 Å². The minimum atomic E-state index is -3.53. The van der Waals surface area contributed by atoms with Crippen molar-refractivity contribution in [3.05, 3.63) is 36.2 Å². The van der Waals surface area contributed by atoms with Crippen LogP contribution in [0.25, 0.3) is 0 Å². The molecule has 8 nitrogen and oxygen atoms in total. The Labute approximate surface area is 232 Å². The van der Waals surface area contributed by atoms with Crippen LogP contribution in [0.3, 0.4) is 0 Å². The molecule has 0 heterocycles. The molecule has 0 saturated heterocycles. The highest BCUT2D eigenvalue weighted by atomic mass is 32.2. The second-order valence-electron chi connectivity index (χ2n) is 13.1. The lowest BCUT2D eigenvalue weighted by atomic mass is 9.58. The molecule has 2 bridgehead atoms. The third-order valence-corrected chi connectivity index (χ3v) is 9.56. The second-order valence-corrected chi connectivity index (χ2v) is 15.1. The maximum atomic E-state index is 13.3. The van der Waals surface area contributed by atoms with Crippen LogP contribution >= 0.6 is 0 Å². The van der Waals surface area contributed by atoms with Gasteiger partial charge in [0.25, 0.3) is 0 Å². The van der Waals surface area contributed by atoms with E-state index in [0.29, 0.717) is 12.1 Å². The van der Waals surface area contributed by atoms with Crippen molar-refractivity contribution < 1.29 is 31.9 Å². The molecule has 1 aromatic carbocycles. The number of fused-ring (bicyclic) bond motifs is 3. The second kappa shape index (κ2) is 11.5. The number of carbonyl (C=O) groups excluding carboxylic acids is 2. The lowest BCUT2D eigenvalue weighted by molar-refractivity contribution is -0.132. The molecule has 3 aliphatic carbocycles. The van der Waals surface area contributed by atoms with Gasteiger partial charge in [0.05, 0.1) is 17.0 Å². The highest BCUT2D eigenvalue weighted by Crippen LogP contribution is 2.53. The van der Waals surface area contributed by atoms with Gasteiger partial charge in [0, 0.05) is 23.1 Å². The number of ether oxygens (including phenoxy) is 2. The van der Waals surface area contributed by atoms with Gasteiger partial charge < -0.3 is 20.1 Å². The lowest BCUT2D eigenvalue weighted by Gasteiger charge is -2.54. The number of alkyl carbamates (subject to hydrolysis) is 1. The number of nitrogens with one attached hydrogen (secondary N) is 2. The highest BCUT2D eigenvalue weighted by Gasteiger charge is 2.51. The molecular weight excluding hydrogens is 523 g/mol. The van der Waals surface area contributed by atoms with Gasteiger partial charge in [0.2, 0.25) is 5.91 Å². The van der Waals surface area contributed by atoms with Crippen LogP contribution in [0, 0.1) is 10.8 Å². The van der Waals surface area contributed by atoms with Crippen molar-refractivity contribution in [2.75, 3.05) is 18.9 Å². The Morgan fingerprint density at radius 1 is 0.974 bits per heavy atom. The van der Waals surface area contributed by atoms with Crippen molar-refractivity contribution in [3.63, 3.8) is 0 Å². The summed E-state index contributed by atoms with van der Waals surface area (Å²) in [6.07, 6.45) is 4.41. The summed E-state index contributed by atoms with van der Waals surface area (Å²) in [5.41, 5.74) is -1.42. The molecule has 0 aliphatic heterocycles. The van der Waals surface area contributed by atoms with E-state index in [-0.39, 0.29) is 46.2 Å². The Morgan fingerprint density at radius 3 is 2.03 bits per heavy atom. The molecule has 0 aromatic heterocycles. The van der Waals surface area contributed by atoms with Crippen LogP contribution in [-0.4, -0.2) is 50.5 Å². The largest absolute Gasteiger partial charge is 0.489 e. The number of rotatable bonds is 9. The number of hydrogen-bond donors (Lipinski definition) is 2. The minimum absolute atomic E-state index is 0.0419. The molecule has 39 heavy (non-hydrogen) atoms. The fourth-order valence-electron chi connectivity index (χ4n) is 5.12. The van der Waals surface area contributed by atoms with Gasteiger partial charge in [-0.25, -0.2) is 17.6 Å². The van der Waals surface area contributed by atoms with Gasteiger partial charge in [-0.2, -0.15) is 0 Å². The van der Waals surface area contributed by atoms with Crippen molar-refractivity contribution in [3.8, 4) is 5.75 Å². The van der Waals surface area contributed by atoms with Crippen molar-refractivity contribution in [2.24, 2.45) is 10.8 Å². The fourth-order valence-corrected chi connectivity index (χ4v) is 7.08. The smallest absolute Gasteiger partial charge is 0.407 e.